The number of hydrogen-bond donors (Lipinski definition) is 6. The topological polar surface area (TPSA) is 240 Å². The molecule has 0 bridgehead atoms. The van der Waals surface area contributed by atoms with Gasteiger partial charge in [-0.2, -0.15) is 0 Å². The molecule has 230 valence electrons. The summed E-state index contributed by atoms with van der Waals surface area (Å²) in [5.74, 6) is -1.79. The SMILES string of the molecule is CN(O)C(=O)CCNC(=O)OCCN(CCOC(=O)NCCC(=O)N(C)O)CCOC(=O)NCCC(=O)N(C)O. The van der Waals surface area contributed by atoms with Gasteiger partial charge in [-0.3, -0.25) is 34.9 Å². The fraction of sp³-hybridized carbons (Fsp3) is 0.714. The molecule has 0 aliphatic rings. The molecule has 0 saturated carbocycles. The molecule has 0 saturated heterocycles. The molecule has 0 spiro atoms. The van der Waals surface area contributed by atoms with Crippen LogP contribution < -0.4 is 16.0 Å². The van der Waals surface area contributed by atoms with Gasteiger partial charge in [-0.25, -0.2) is 29.6 Å². The van der Waals surface area contributed by atoms with Gasteiger partial charge < -0.3 is 30.2 Å². The molecule has 0 fully saturated rings. The molecule has 0 aromatic carbocycles. The van der Waals surface area contributed by atoms with E-state index in [1.54, 1.807) is 4.90 Å². The molecular formula is C21H39N7O12. The second-order valence-electron chi connectivity index (χ2n) is 8.03. The van der Waals surface area contributed by atoms with Crippen molar-refractivity contribution in [3.63, 3.8) is 0 Å². The van der Waals surface area contributed by atoms with Crippen LogP contribution in [-0.2, 0) is 28.6 Å². The maximum Gasteiger partial charge on any atom is 0.407 e. The summed E-state index contributed by atoms with van der Waals surface area (Å²) in [6, 6.07) is 0. The molecule has 0 aromatic rings. The zero-order chi connectivity index (χ0) is 30.5. The number of amides is 6. The molecule has 0 aliphatic carbocycles. The van der Waals surface area contributed by atoms with E-state index in [1.807, 2.05) is 0 Å². The number of hydroxylamine groups is 6. The zero-order valence-corrected chi connectivity index (χ0v) is 22.8. The third kappa shape index (κ3) is 19.2. The van der Waals surface area contributed by atoms with Gasteiger partial charge in [0.25, 0.3) is 0 Å². The van der Waals surface area contributed by atoms with Crippen LogP contribution in [0.4, 0.5) is 14.4 Å². The quantitative estimate of drug-likeness (QED) is 0.0594. The Hall–Kier alpha value is -3.94. The average Bonchev–Trinajstić information content (AvgIpc) is 2.87. The molecule has 6 amide bonds. The van der Waals surface area contributed by atoms with Crippen molar-refractivity contribution in [3.05, 3.63) is 0 Å². The summed E-state index contributed by atoms with van der Waals surface area (Å²) < 4.78 is 15.1. The van der Waals surface area contributed by atoms with Crippen molar-refractivity contribution in [1.29, 1.82) is 0 Å². The first-order valence-corrected chi connectivity index (χ1v) is 12.1. The first-order valence-electron chi connectivity index (χ1n) is 12.1. The molecule has 19 heteroatoms. The van der Waals surface area contributed by atoms with E-state index < -0.39 is 36.0 Å². The van der Waals surface area contributed by atoms with Crippen LogP contribution in [0.1, 0.15) is 19.3 Å². The van der Waals surface area contributed by atoms with Crippen LogP contribution in [0.25, 0.3) is 0 Å². The van der Waals surface area contributed by atoms with Gasteiger partial charge in [-0.05, 0) is 0 Å². The molecule has 0 rings (SSSR count). The monoisotopic (exact) mass is 581 g/mol. The van der Waals surface area contributed by atoms with Gasteiger partial charge >= 0.3 is 18.3 Å². The zero-order valence-electron chi connectivity index (χ0n) is 22.8. The third-order valence-corrected chi connectivity index (χ3v) is 4.83. The molecular weight excluding hydrogens is 542 g/mol. The number of nitrogens with zero attached hydrogens (tertiary/aromatic N) is 4. The Morgan fingerprint density at radius 2 is 0.775 bits per heavy atom. The summed E-state index contributed by atoms with van der Waals surface area (Å²) in [4.78, 5) is 70.9. The summed E-state index contributed by atoms with van der Waals surface area (Å²) in [7, 11) is 3.47. The normalized spacial score (nSPS) is 10.3. The van der Waals surface area contributed by atoms with Crippen molar-refractivity contribution in [1.82, 2.24) is 36.0 Å². The standard InChI is InChI=1S/C21H39N7O12/c1-25(35)16(29)4-7-22-19(32)38-13-10-28(11-14-39-20(33)23-8-5-17(30)26(2)36)12-15-40-21(34)24-9-6-18(31)27(3)37/h35-37H,4-15H2,1-3H3,(H,22,32)(H,23,33)(H,24,34). The highest BCUT2D eigenvalue weighted by molar-refractivity contribution is 5.76. The van der Waals surface area contributed by atoms with E-state index >= 15 is 0 Å². The van der Waals surface area contributed by atoms with E-state index in [1.165, 1.54) is 0 Å². The Bertz CT molecular complexity index is 721. The minimum absolute atomic E-state index is 0.0570. The van der Waals surface area contributed by atoms with E-state index in [2.05, 4.69) is 16.0 Å². The highest BCUT2D eigenvalue weighted by Crippen LogP contribution is 1.94. The molecule has 0 aromatic heterocycles. The summed E-state index contributed by atoms with van der Waals surface area (Å²) in [5.41, 5.74) is 0. The number of alkyl carbamates (subject to hydrolysis) is 3. The molecule has 0 unspecified atom stereocenters. The summed E-state index contributed by atoms with van der Waals surface area (Å²) in [5, 5.41) is 35.2. The van der Waals surface area contributed by atoms with Crippen molar-refractivity contribution in [3.8, 4) is 0 Å². The molecule has 19 nitrogen and oxygen atoms in total. The van der Waals surface area contributed by atoms with Gasteiger partial charge in [0.15, 0.2) is 0 Å². The van der Waals surface area contributed by atoms with Crippen LogP contribution in [0.2, 0.25) is 0 Å². The van der Waals surface area contributed by atoms with Crippen molar-refractivity contribution < 1.29 is 58.6 Å². The predicted octanol–water partition coefficient (Wildman–Crippen LogP) is -1.82. The summed E-state index contributed by atoms with van der Waals surface area (Å²) in [6.45, 7) is -0.0400. The maximum atomic E-state index is 11.8. The Kier molecular flexibility index (Phi) is 18.9. The van der Waals surface area contributed by atoms with Crippen LogP contribution in [0, 0.1) is 0 Å². The second kappa shape index (κ2) is 21.0. The molecule has 0 heterocycles. The van der Waals surface area contributed by atoms with Crippen molar-refractivity contribution in [2.45, 2.75) is 19.3 Å². The molecule has 0 atom stereocenters. The number of nitrogens with one attached hydrogen (secondary N) is 3. The fourth-order valence-electron chi connectivity index (χ4n) is 2.59. The van der Waals surface area contributed by atoms with E-state index in [9.17, 15) is 28.8 Å². The highest BCUT2D eigenvalue weighted by atomic mass is 16.6. The minimum Gasteiger partial charge on any atom is -0.448 e. The maximum absolute atomic E-state index is 11.8. The van der Waals surface area contributed by atoms with Crippen LogP contribution in [-0.4, -0.2) is 152 Å². The Balaban J connectivity index is 4.54. The van der Waals surface area contributed by atoms with Gasteiger partial charge in [0.05, 0.1) is 0 Å². The largest absolute Gasteiger partial charge is 0.448 e. The van der Waals surface area contributed by atoms with Crippen molar-refractivity contribution in [2.75, 3.05) is 80.2 Å². The van der Waals surface area contributed by atoms with E-state index in [0.717, 1.165) is 21.1 Å². The third-order valence-electron chi connectivity index (χ3n) is 4.83. The first kappa shape index (κ1) is 36.1. The predicted molar refractivity (Wildman–Crippen MR) is 132 cm³/mol. The van der Waals surface area contributed by atoms with E-state index in [4.69, 9.17) is 29.8 Å². The molecule has 0 radical (unpaired) electrons. The Morgan fingerprint density at radius 1 is 0.525 bits per heavy atom. The van der Waals surface area contributed by atoms with Crippen molar-refractivity contribution in [2.24, 2.45) is 0 Å². The minimum atomic E-state index is -0.800. The Morgan fingerprint density at radius 3 is 1.00 bits per heavy atom. The lowest BCUT2D eigenvalue weighted by Gasteiger charge is -2.22. The lowest BCUT2D eigenvalue weighted by Crippen LogP contribution is -2.38. The van der Waals surface area contributed by atoms with Gasteiger partial charge in [0, 0.05) is 79.7 Å². The van der Waals surface area contributed by atoms with Gasteiger partial charge in [0.1, 0.15) is 19.8 Å². The lowest BCUT2D eigenvalue weighted by atomic mass is 10.4. The average molecular weight is 582 g/mol. The van der Waals surface area contributed by atoms with Crippen LogP contribution in [0.15, 0.2) is 0 Å². The number of ether oxygens (including phenoxy) is 3. The number of hydrogen-bond acceptors (Lipinski definition) is 13. The van der Waals surface area contributed by atoms with Gasteiger partial charge in [0.2, 0.25) is 17.7 Å². The number of carbonyl (C=O) groups excluding carboxylic acids is 6. The lowest BCUT2D eigenvalue weighted by molar-refractivity contribution is -0.159. The molecule has 40 heavy (non-hydrogen) atoms. The number of carbonyl (C=O) groups is 6. The smallest absolute Gasteiger partial charge is 0.407 e. The van der Waals surface area contributed by atoms with Crippen LogP contribution in [0.5, 0.6) is 0 Å². The van der Waals surface area contributed by atoms with Gasteiger partial charge in [-0.1, -0.05) is 0 Å². The number of rotatable bonds is 18. The summed E-state index contributed by atoms with van der Waals surface area (Å²) in [6.07, 6.45) is -2.81. The van der Waals surface area contributed by atoms with Gasteiger partial charge in [-0.15, -0.1) is 0 Å². The highest BCUT2D eigenvalue weighted by Gasteiger charge is 2.13. The van der Waals surface area contributed by atoms with Crippen LogP contribution >= 0.6 is 0 Å². The Labute approximate surface area is 230 Å². The molecule has 6 N–H and O–H groups in total. The first-order chi connectivity index (χ1) is 18.8. The van der Waals surface area contributed by atoms with E-state index in [-0.39, 0.29) is 78.4 Å². The second-order valence-corrected chi connectivity index (χ2v) is 8.03. The van der Waals surface area contributed by atoms with E-state index in [0.29, 0.717) is 15.2 Å². The fourth-order valence-corrected chi connectivity index (χ4v) is 2.59. The molecule has 0 aliphatic heterocycles. The van der Waals surface area contributed by atoms with Crippen molar-refractivity contribution >= 4 is 36.0 Å². The summed E-state index contributed by atoms with van der Waals surface area (Å²) >= 11 is 0. The van der Waals surface area contributed by atoms with Crippen LogP contribution in [0.3, 0.4) is 0 Å².